The zero-order valence-electron chi connectivity index (χ0n) is 16.4. The van der Waals surface area contributed by atoms with Gasteiger partial charge in [0.25, 0.3) is 0 Å². The lowest BCUT2D eigenvalue weighted by Gasteiger charge is -2.30. The molecule has 0 aliphatic carbocycles. The number of rotatable bonds is 5. The number of amides is 1. The van der Waals surface area contributed by atoms with Gasteiger partial charge in [0.2, 0.25) is 15.9 Å². The van der Waals surface area contributed by atoms with Crippen molar-refractivity contribution in [1.82, 2.24) is 9.29 Å². The highest BCUT2D eigenvalue weighted by Crippen LogP contribution is 2.26. The minimum Gasteiger partial charge on any atom is -0.378 e. The molecule has 1 aromatic carbocycles. The van der Waals surface area contributed by atoms with Gasteiger partial charge in [0.1, 0.15) is 4.90 Å². The number of nitrogens with zero attached hydrogens (tertiary/aromatic N) is 3. The molecule has 7 nitrogen and oxygen atoms in total. The molecule has 150 valence electrons. The number of pyridine rings is 1. The number of benzene rings is 1. The number of carbonyl (C=O) groups is 1. The Morgan fingerprint density at radius 1 is 1.21 bits per heavy atom. The van der Waals surface area contributed by atoms with Gasteiger partial charge in [-0.15, -0.1) is 0 Å². The first-order valence-corrected chi connectivity index (χ1v) is 10.7. The van der Waals surface area contributed by atoms with Crippen LogP contribution in [0.2, 0.25) is 0 Å². The van der Waals surface area contributed by atoms with Crippen molar-refractivity contribution >= 4 is 27.3 Å². The molecule has 0 spiro atoms. The van der Waals surface area contributed by atoms with Crippen molar-refractivity contribution in [2.75, 3.05) is 37.4 Å². The fraction of sp³-hybridized carbons (Fsp3) is 0.400. The summed E-state index contributed by atoms with van der Waals surface area (Å²) in [5.41, 5.74) is 2.86. The predicted molar refractivity (Wildman–Crippen MR) is 110 cm³/mol. The number of sulfonamides is 1. The zero-order chi connectivity index (χ0) is 20.3. The Kier molecular flexibility index (Phi) is 6.00. The van der Waals surface area contributed by atoms with Gasteiger partial charge < -0.3 is 10.2 Å². The van der Waals surface area contributed by atoms with Crippen molar-refractivity contribution in [1.29, 1.82) is 0 Å². The molecule has 0 radical (unpaired) electrons. The summed E-state index contributed by atoms with van der Waals surface area (Å²) in [7, 11) is 0.390. The first kappa shape index (κ1) is 20.3. The summed E-state index contributed by atoms with van der Waals surface area (Å²) in [4.78, 5) is 18.8. The second-order valence-corrected chi connectivity index (χ2v) is 9.19. The summed E-state index contributed by atoms with van der Waals surface area (Å²) >= 11 is 0. The molecule has 0 saturated carbocycles. The number of aromatic nitrogens is 1. The molecule has 2 aromatic rings. The first-order chi connectivity index (χ1) is 13.3. The molecule has 1 aliphatic rings. The average Bonchev–Trinajstić information content (AvgIpc) is 2.70. The number of nitrogens with one attached hydrogen (secondary N) is 1. The van der Waals surface area contributed by atoms with Crippen LogP contribution in [0.3, 0.4) is 0 Å². The van der Waals surface area contributed by atoms with Crippen LogP contribution in [0.15, 0.2) is 47.6 Å². The van der Waals surface area contributed by atoms with Crippen molar-refractivity contribution in [2.24, 2.45) is 5.92 Å². The summed E-state index contributed by atoms with van der Waals surface area (Å²) in [6, 6.07) is 9.05. The third-order valence-corrected chi connectivity index (χ3v) is 6.96. The zero-order valence-corrected chi connectivity index (χ0v) is 17.2. The molecule has 1 aliphatic heterocycles. The maximum Gasteiger partial charge on any atom is 0.244 e. The highest BCUT2D eigenvalue weighted by atomic mass is 32.2. The Bertz CT molecular complexity index is 937. The summed E-state index contributed by atoms with van der Waals surface area (Å²) in [5.74, 6) is -0.257. The Labute approximate surface area is 166 Å². The molecule has 2 heterocycles. The molecular weight excluding hydrogens is 376 g/mol. The van der Waals surface area contributed by atoms with Crippen LogP contribution in [0.4, 0.5) is 11.4 Å². The molecule has 0 unspecified atom stereocenters. The molecule has 3 rings (SSSR count). The molecule has 0 atom stereocenters. The van der Waals surface area contributed by atoms with Crippen molar-refractivity contribution in [3.8, 4) is 0 Å². The molecule has 1 aromatic heterocycles. The topological polar surface area (TPSA) is 82.6 Å². The van der Waals surface area contributed by atoms with Crippen molar-refractivity contribution in [3.05, 3.63) is 48.3 Å². The second kappa shape index (κ2) is 8.28. The van der Waals surface area contributed by atoms with Crippen LogP contribution in [-0.4, -0.2) is 50.8 Å². The van der Waals surface area contributed by atoms with Gasteiger partial charge in [-0.2, -0.15) is 4.31 Å². The normalized spacial score (nSPS) is 16.0. The predicted octanol–water partition coefficient (Wildman–Crippen LogP) is 2.50. The maximum absolute atomic E-state index is 12.7. The van der Waals surface area contributed by atoms with Crippen molar-refractivity contribution in [2.45, 2.75) is 24.7 Å². The van der Waals surface area contributed by atoms with Gasteiger partial charge in [-0.1, -0.05) is 0 Å². The van der Waals surface area contributed by atoms with Crippen LogP contribution in [0, 0.1) is 12.8 Å². The largest absolute Gasteiger partial charge is 0.378 e. The fourth-order valence-electron chi connectivity index (χ4n) is 3.31. The van der Waals surface area contributed by atoms with Crippen LogP contribution >= 0.6 is 0 Å². The van der Waals surface area contributed by atoms with Crippen molar-refractivity contribution < 1.29 is 13.2 Å². The number of piperidine rings is 1. The highest BCUT2D eigenvalue weighted by molar-refractivity contribution is 7.89. The fourth-order valence-corrected chi connectivity index (χ4v) is 4.74. The Morgan fingerprint density at radius 3 is 2.50 bits per heavy atom. The molecule has 8 heteroatoms. The number of hydrogen-bond donors (Lipinski definition) is 1. The third-order valence-electron chi connectivity index (χ3n) is 5.08. The molecule has 0 bridgehead atoms. The maximum atomic E-state index is 12.7. The van der Waals surface area contributed by atoms with E-state index in [1.54, 1.807) is 18.3 Å². The van der Waals surface area contributed by atoms with Gasteiger partial charge in [0, 0.05) is 56.9 Å². The van der Waals surface area contributed by atoms with E-state index in [0.29, 0.717) is 25.9 Å². The van der Waals surface area contributed by atoms with Gasteiger partial charge in [0.15, 0.2) is 0 Å². The number of anilines is 2. The minimum atomic E-state index is -3.56. The van der Waals surface area contributed by atoms with E-state index in [2.05, 4.69) is 10.3 Å². The summed E-state index contributed by atoms with van der Waals surface area (Å²) in [6.45, 7) is 2.62. The SMILES string of the molecule is Cc1cc(N(C)C)ccc1NC(=O)C1CCN(S(=O)(=O)c2cccnc2)CC1. The number of hydrogen-bond acceptors (Lipinski definition) is 5. The molecular formula is C20H26N4O3S. The van der Waals surface area contributed by atoms with E-state index in [4.69, 9.17) is 0 Å². The lowest BCUT2D eigenvalue weighted by Crippen LogP contribution is -2.41. The van der Waals surface area contributed by atoms with E-state index in [-0.39, 0.29) is 16.7 Å². The van der Waals surface area contributed by atoms with E-state index >= 15 is 0 Å². The Hall–Kier alpha value is -2.45. The second-order valence-electron chi connectivity index (χ2n) is 7.25. The molecule has 1 saturated heterocycles. The summed E-state index contributed by atoms with van der Waals surface area (Å²) in [5, 5.41) is 3.00. The van der Waals surface area contributed by atoms with Crippen molar-refractivity contribution in [3.63, 3.8) is 0 Å². The monoisotopic (exact) mass is 402 g/mol. The highest BCUT2D eigenvalue weighted by Gasteiger charge is 2.32. The van der Waals surface area contributed by atoms with E-state index in [1.807, 2.05) is 44.1 Å². The van der Waals surface area contributed by atoms with E-state index in [9.17, 15) is 13.2 Å². The number of aryl methyl sites for hydroxylation is 1. The molecule has 1 fully saturated rings. The van der Waals surface area contributed by atoms with E-state index in [1.165, 1.54) is 10.5 Å². The van der Waals surface area contributed by atoms with E-state index in [0.717, 1.165) is 16.9 Å². The summed E-state index contributed by atoms with van der Waals surface area (Å²) < 4.78 is 26.8. The molecule has 28 heavy (non-hydrogen) atoms. The van der Waals surface area contributed by atoms with Gasteiger partial charge in [0.05, 0.1) is 0 Å². The lowest BCUT2D eigenvalue weighted by molar-refractivity contribution is -0.120. The van der Waals surface area contributed by atoms with Gasteiger partial charge in [-0.25, -0.2) is 8.42 Å². The standard InChI is InChI=1S/C20H26N4O3S/c1-15-13-17(23(2)3)6-7-19(15)22-20(25)16-8-11-24(12-9-16)28(26,27)18-5-4-10-21-14-18/h4-7,10,13-14,16H,8-9,11-12H2,1-3H3,(H,22,25). The lowest BCUT2D eigenvalue weighted by atomic mass is 9.97. The summed E-state index contributed by atoms with van der Waals surface area (Å²) in [6.07, 6.45) is 3.90. The average molecular weight is 403 g/mol. The first-order valence-electron chi connectivity index (χ1n) is 9.28. The van der Waals surface area contributed by atoms with Crippen LogP contribution in [0.25, 0.3) is 0 Å². The Morgan fingerprint density at radius 2 is 1.93 bits per heavy atom. The van der Waals surface area contributed by atoms with Gasteiger partial charge >= 0.3 is 0 Å². The van der Waals surface area contributed by atoms with Crippen LogP contribution < -0.4 is 10.2 Å². The van der Waals surface area contributed by atoms with Gasteiger partial charge in [-0.05, 0) is 55.7 Å². The quantitative estimate of drug-likeness (QED) is 0.831. The minimum absolute atomic E-state index is 0.0564. The number of carbonyl (C=O) groups excluding carboxylic acids is 1. The van der Waals surface area contributed by atoms with Gasteiger partial charge in [-0.3, -0.25) is 9.78 Å². The van der Waals surface area contributed by atoms with Crippen LogP contribution in [0.1, 0.15) is 18.4 Å². The van der Waals surface area contributed by atoms with E-state index < -0.39 is 10.0 Å². The smallest absolute Gasteiger partial charge is 0.244 e. The molecule has 1 N–H and O–H groups in total. The third kappa shape index (κ3) is 4.34. The Balaban J connectivity index is 1.61. The van der Waals surface area contributed by atoms with Crippen LogP contribution in [-0.2, 0) is 14.8 Å². The molecule has 1 amide bonds. The van der Waals surface area contributed by atoms with Crippen LogP contribution in [0.5, 0.6) is 0 Å².